The fraction of sp³-hybridized carbons (Fsp3) is 0.600. The number of nitriles is 1. The molecular weight excluding hydrogens is 244 g/mol. The highest BCUT2D eigenvalue weighted by Gasteiger charge is 2.33. The van der Waals surface area contributed by atoms with Crippen LogP contribution in [0.25, 0.3) is 0 Å². The number of rotatable bonds is 3. The number of hydrogen-bond acceptors (Lipinski definition) is 4. The van der Waals surface area contributed by atoms with E-state index in [9.17, 15) is 10.1 Å². The molecule has 92 valence electrons. The van der Waals surface area contributed by atoms with Crippen LogP contribution in [0.5, 0.6) is 0 Å². The lowest BCUT2D eigenvalue weighted by Crippen LogP contribution is -2.14. The number of hydrogen-bond donors (Lipinski definition) is 0. The van der Waals surface area contributed by atoms with Crippen LogP contribution in [0.4, 0.5) is 5.69 Å². The summed E-state index contributed by atoms with van der Waals surface area (Å²) in [6.07, 6.45) is 0.210. The van der Waals surface area contributed by atoms with Gasteiger partial charge in [-0.25, -0.2) is 4.68 Å². The second kappa shape index (κ2) is 4.72. The van der Waals surface area contributed by atoms with Crippen molar-refractivity contribution in [1.29, 1.82) is 5.26 Å². The number of halogens is 1. The van der Waals surface area contributed by atoms with Gasteiger partial charge in [-0.3, -0.25) is 10.1 Å². The van der Waals surface area contributed by atoms with E-state index in [-0.39, 0.29) is 23.8 Å². The Labute approximate surface area is 104 Å². The molecule has 0 amide bonds. The fourth-order valence-corrected chi connectivity index (χ4v) is 1.68. The van der Waals surface area contributed by atoms with E-state index in [1.807, 2.05) is 26.8 Å². The minimum atomic E-state index is -0.529. The predicted octanol–water partition coefficient (Wildman–Crippen LogP) is 2.66. The van der Waals surface area contributed by atoms with Crippen LogP contribution in [0.3, 0.4) is 0 Å². The van der Waals surface area contributed by atoms with E-state index in [1.54, 1.807) is 0 Å². The molecule has 0 aliphatic carbocycles. The molecule has 0 atom stereocenters. The van der Waals surface area contributed by atoms with E-state index < -0.39 is 10.3 Å². The smallest absolute Gasteiger partial charge is 0.258 e. The topological polar surface area (TPSA) is 84.8 Å². The molecule has 0 radical (unpaired) electrons. The Hall–Kier alpha value is -1.61. The lowest BCUT2D eigenvalue weighted by Gasteiger charge is -2.13. The fourth-order valence-electron chi connectivity index (χ4n) is 1.40. The normalized spacial score (nSPS) is 11.2. The summed E-state index contributed by atoms with van der Waals surface area (Å²) in [5.74, 6) is 0. The predicted molar refractivity (Wildman–Crippen MR) is 62.8 cm³/mol. The van der Waals surface area contributed by atoms with Crippen LogP contribution in [0.15, 0.2) is 0 Å². The van der Waals surface area contributed by atoms with Crippen molar-refractivity contribution in [3.8, 4) is 6.07 Å². The summed E-state index contributed by atoms with van der Waals surface area (Å²) in [5.41, 5.74) is -0.299. The summed E-state index contributed by atoms with van der Waals surface area (Å²) in [7, 11) is 0. The molecule has 0 aliphatic heterocycles. The maximum absolute atomic E-state index is 11.0. The molecule has 1 heterocycles. The molecule has 0 saturated carbocycles. The van der Waals surface area contributed by atoms with Crippen LogP contribution in [0.2, 0.25) is 5.15 Å². The minimum absolute atomic E-state index is 0.0184. The first kappa shape index (κ1) is 13.5. The molecular formula is C10H13ClN4O2. The summed E-state index contributed by atoms with van der Waals surface area (Å²) >= 11 is 5.92. The first-order valence-corrected chi connectivity index (χ1v) is 5.45. The van der Waals surface area contributed by atoms with Gasteiger partial charge in [-0.1, -0.05) is 32.4 Å². The van der Waals surface area contributed by atoms with Crippen LogP contribution >= 0.6 is 11.6 Å². The second-order valence-corrected chi connectivity index (χ2v) is 4.98. The van der Waals surface area contributed by atoms with Crippen LogP contribution in [-0.4, -0.2) is 14.7 Å². The number of aryl methyl sites for hydroxylation is 1. The third-order valence-corrected chi connectivity index (χ3v) is 2.57. The standard InChI is InChI=1S/C10H13ClN4O2/c1-10(2,3)8-7(15(16)17)9(11)14(13-8)6-4-5-12/h4,6H2,1-3H3. The molecule has 0 spiro atoms. The first-order valence-electron chi connectivity index (χ1n) is 5.07. The summed E-state index contributed by atoms with van der Waals surface area (Å²) in [6.45, 7) is 5.74. The van der Waals surface area contributed by atoms with Crippen molar-refractivity contribution in [2.45, 2.75) is 39.2 Å². The van der Waals surface area contributed by atoms with Gasteiger partial charge in [0.1, 0.15) is 5.69 Å². The van der Waals surface area contributed by atoms with E-state index in [0.29, 0.717) is 5.69 Å². The van der Waals surface area contributed by atoms with Gasteiger partial charge in [0, 0.05) is 5.41 Å². The Morgan fingerprint density at radius 2 is 2.18 bits per heavy atom. The average Bonchev–Trinajstić information content (AvgIpc) is 2.52. The lowest BCUT2D eigenvalue weighted by atomic mass is 9.91. The van der Waals surface area contributed by atoms with Crippen LogP contribution < -0.4 is 0 Å². The molecule has 0 N–H and O–H groups in total. The number of nitrogens with zero attached hydrogens (tertiary/aromatic N) is 4. The van der Waals surface area contributed by atoms with E-state index in [0.717, 1.165) is 0 Å². The zero-order valence-corrected chi connectivity index (χ0v) is 10.7. The van der Waals surface area contributed by atoms with Gasteiger partial charge in [-0.15, -0.1) is 0 Å². The van der Waals surface area contributed by atoms with Gasteiger partial charge >= 0.3 is 5.69 Å². The Kier molecular flexibility index (Phi) is 3.73. The molecule has 6 nitrogen and oxygen atoms in total. The number of aromatic nitrogens is 2. The minimum Gasteiger partial charge on any atom is -0.258 e. The molecule has 0 aromatic carbocycles. The van der Waals surface area contributed by atoms with Gasteiger partial charge in [0.25, 0.3) is 0 Å². The van der Waals surface area contributed by atoms with Gasteiger partial charge in [0.2, 0.25) is 5.15 Å². The van der Waals surface area contributed by atoms with Crippen LogP contribution in [0.1, 0.15) is 32.9 Å². The molecule has 0 unspecified atom stereocenters. The molecule has 0 bridgehead atoms. The van der Waals surface area contributed by atoms with Gasteiger partial charge < -0.3 is 0 Å². The summed E-state index contributed by atoms with van der Waals surface area (Å²) < 4.78 is 1.31. The lowest BCUT2D eigenvalue weighted by molar-refractivity contribution is -0.385. The Bertz CT molecular complexity index is 482. The maximum atomic E-state index is 11.0. The quantitative estimate of drug-likeness (QED) is 0.615. The van der Waals surface area contributed by atoms with Crippen molar-refractivity contribution >= 4 is 17.3 Å². The molecule has 1 aromatic heterocycles. The average molecular weight is 257 g/mol. The van der Waals surface area contributed by atoms with Crippen molar-refractivity contribution in [3.63, 3.8) is 0 Å². The molecule has 0 saturated heterocycles. The highest BCUT2D eigenvalue weighted by Crippen LogP contribution is 2.35. The van der Waals surface area contributed by atoms with E-state index >= 15 is 0 Å². The molecule has 7 heteroatoms. The maximum Gasteiger partial charge on any atom is 0.329 e. The summed E-state index contributed by atoms with van der Waals surface area (Å²) in [5, 5.41) is 23.6. The van der Waals surface area contributed by atoms with Gasteiger partial charge in [0.15, 0.2) is 0 Å². The third kappa shape index (κ3) is 2.74. The van der Waals surface area contributed by atoms with Gasteiger partial charge in [-0.05, 0) is 0 Å². The Morgan fingerprint density at radius 1 is 1.59 bits per heavy atom. The molecule has 17 heavy (non-hydrogen) atoms. The van der Waals surface area contributed by atoms with Crippen molar-refractivity contribution in [2.24, 2.45) is 0 Å². The molecule has 0 aliphatic rings. The third-order valence-electron chi connectivity index (χ3n) is 2.20. The molecule has 0 fully saturated rings. The Morgan fingerprint density at radius 3 is 2.53 bits per heavy atom. The van der Waals surface area contributed by atoms with E-state index in [4.69, 9.17) is 16.9 Å². The van der Waals surface area contributed by atoms with Crippen LogP contribution in [-0.2, 0) is 12.0 Å². The zero-order valence-electron chi connectivity index (χ0n) is 9.90. The zero-order chi connectivity index (χ0) is 13.2. The molecule has 1 rings (SSSR count). The van der Waals surface area contributed by atoms with Crippen molar-refractivity contribution in [3.05, 3.63) is 21.0 Å². The van der Waals surface area contributed by atoms with Gasteiger partial charge in [-0.2, -0.15) is 10.4 Å². The van der Waals surface area contributed by atoms with E-state index in [1.165, 1.54) is 4.68 Å². The first-order chi connectivity index (χ1) is 7.79. The second-order valence-electron chi connectivity index (χ2n) is 4.63. The highest BCUT2D eigenvalue weighted by atomic mass is 35.5. The SMILES string of the molecule is CC(C)(C)c1nn(CCC#N)c(Cl)c1[N+](=O)[O-]. The van der Waals surface area contributed by atoms with Crippen molar-refractivity contribution in [1.82, 2.24) is 9.78 Å². The number of nitro groups is 1. The van der Waals surface area contributed by atoms with Crippen molar-refractivity contribution in [2.75, 3.05) is 0 Å². The monoisotopic (exact) mass is 256 g/mol. The van der Waals surface area contributed by atoms with E-state index in [2.05, 4.69) is 5.10 Å². The Balaban J connectivity index is 3.31. The van der Waals surface area contributed by atoms with Gasteiger partial charge in [0.05, 0.1) is 24.0 Å². The summed E-state index contributed by atoms with van der Waals surface area (Å²) in [6, 6.07) is 1.95. The van der Waals surface area contributed by atoms with Crippen LogP contribution in [0, 0.1) is 21.4 Å². The summed E-state index contributed by atoms with van der Waals surface area (Å²) in [4.78, 5) is 10.5. The largest absolute Gasteiger partial charge is 0.329 e. The highest BCUT2D eigenvalue weighted by molar-refractivity contribution is 6.31. The van der Waals surface area contributed by atoms with Crippen molar-refractivity contribution < 1.29 is 4.92 Å². The molecule has 1 aromatic rings.